The van der Waals surface area contributed by atoms with Crippen LogP contribution in [0.15, 0.2) is 12.2 Å². The number of hydrogen-bond acceptors (Lipinski definition) is 5. The number of aliphatic hydroxyl groups excluding tert-OH is 3. The molecule has 150 valence electrons. The highest BCUT2D eigenvalue weighted by molar-refractivity contribution is 5.08. The van der Waals surface area contributed by atoms with E-state index < -0.39 is 36.3 Å². The quantitative estimate of drug-likeness (QED) is 0.668. The van der Waals surface area contributed by atoms with Gasteiger partial charge in [0.05, 0.1) is 11.7 Å². The smallest absolute Gasteiger partial charge is 0.187 e. The molecule has 0 bridgehead atoms. The molecule has 1 heterocycles. The zero-order chi connectivity index (χ0) is 19.3. The van der Waals surface area contributed by atoms with Crippen LogP contribution in [0.2, 0.25) is 0 Å². The average Bonchev–Trinajstić information content (AvgIpc) is 2.57. The van der Waals surface area contributed by atoms with Gasteiger partial charge in [-0.2, -0.15) is 0 Å². The van der Waals surface area contributed by atoms with Gasteiger partial charge in [-0.3, -0.25) is 0 Å². The molecule has 5 nitrogen and oxygen atoms in total. The predicted molar refractivity (Wildman–Crippen MR) is 99.4 cm³/mol. The third-order valence-electron chi connectivity index (χ3n) is 7.47. The van der Waals surface area contributed by atoms with Gasteiger partial charge in [0.15, 0.2) is 6.29 Å². The maximum Gasteiger partial charge on any atom is 0.187 e. The summed E-state index contributed by atoms with van der Waals surface area (Å²) in [6, 6.07) is 0. The Bertz CT molecular complexity index is 536. The van der Waals surface area contributed by atoms with E-state index in [-0.39, 0.29) is 5.41 Å². The topological polar surface area (TPSA) is 79.2 Å². The molecule has 1 saturated heterocycles. The first-order valence-corrected chi connectivity index (χ1v) is 10.1. The van der Waals surface area contributed by atoms with Crippen LogP contribution in [0.1, 0.15) is 66.2 Å². The average molecular weight is 369 g/mol. The maximum absolute atomic E-state index is 10.4. The summed E-state index contributed by atoms with van der Waals surface area (Å²) in [7, 11) is 0. The van der Waals surface area contributed by atoms with Crippen LogP contribution in [-0.4, -0.2) is 51.6 Å². The van der Waals surface area contributed by atoms with Crippen LogP contribution >= 0.6 is 0 Å². The highest BCUT2D eigenvalue weighted by Gasteiger charge is 2.54. The van der Waals surface area contributed by atoms with Gasteiger partial charge in [0.2, 0.25) is 0 Å². The molecule has 3 rings (SSSR count). The standard InChI is InChI=1S/C21H36O5/c1-12(2)14-7-10-20(4)8-6-9-21(5,15(20)11-14)26-19-18(24)17(23)16(22)13(3)25-19/h13-19,22-24H,1,6-11H2,2-5H3. The Morgan fingerprint density at radius 3 is 2.42 bits per heavy atom. The summed E-state index contributed by atoms with van der Waals surface area (Å²) >= 11 is 0. The number of allylic oxidation sites excluding steroid dienone is 1. The van der Waals surface area contributed by atoms with Gasteiger partial charge in [0.1, 0.15) is 18.3 Å². The normalized spacial score (nSPS) is 52.3. The molecule has 3 fully saturated rings. The van der Waals surface area contributed by atoms with Crippen molar-refractivity contribution in [1.82, 2.24) is 0 Å². The van der Waals surface area contributed by atoms with E-state index in [1.807, 2.05) is 0 Å². The van der Waals surface area contributed by atoms with E-state index in [0.717, 1.165) is 19.3 Å². The first-order valence-electron chi connectivity index (χ1n) is 10.1. The van der Waals surface area contributed by atoms with Crippen molar-refractivity contribution in [2.24, 2.45) is 17.3 Å². The molecule has 1 aliphatic heterocycles. The largest absolute Gasteiger partial charge is 0.388 e. The van der Waals surface area contributed by atoms with E-state index in [2.05, 4.69) is 27.4 Å². The number of fused-ring (bicyclic) bond motifs is 1. The third kappa shape index (κ3) is 3.49. The number of rotatable bonds is 3. The zero-order valence-corrected chi connectivity index (χ0v) is 16.6. The summed E-state index contributed by atoms with van der Waals surface area (Å²) in [5.74, 6) is 0.868. The minimum absolute atomic E-state index is 0.225. The van der Waals surface area contributed by atoms with E-state index in [0.29, 0.717) is 11.8 Å². The summed E-state index contributed by atoms with van der Waals surface area (Å²) in [6.45, 7) is 12.5. The molecule has 3 aliphatic rings. The van der Waals surface area contributed by atoms with Crippen molar-refractivity contribution in [2.75, 3.05) is 0 Å². The van der Waals surface area contributed by atoms with Gasteiger partial charge in [0.25, 0.3) is 0 Å². The lowest BCUT2D eigenvalue weighted by Crippen LogP contribution is -2.61. The summed E-state index contributed by atoms with van der Waals surface area (Å²) in [6.07, 6.45) is 1.51. The molecule has 9 unspecified atom stereocenters. The Morgan fingerprint density at radius 2 is 1.77 bits per heavy atom. The van der Waals surface area contributed by atoms with E-state index >= 15 is 0 Å². The van der Waals surface area contributed by atoms with Crippen LogP contribution in [0.3, 0.4) is 0 Å². The van der Waals surface area contributed by atoms with Crippen LogP contribution in [0, 0.1) is 17.3 Å². The SMILES string of the molecule is C=C(C)C1CCC2(C)CCCC(C)(OC3OC(C)C(O)C(O)C3O)C2C1. The van der Waals surface area contributed by atoms with Crippen LogP contribution in [-0.2, 0) is 9.47 Å². The van der Waals surface area contributed by atoms with Crippen molar-refractivity contribution in [3.63, 3.8) is 0 Å². The van der Waals surface area contributed by atoms with Gasteiger partial charge in [-0.05, 0) is 70.1 Å². The fourth-order valence-corrected chi connectivity index (χ4v) is 5.63. The molecule has 9 atom stereocenters. The molecule has 0 spiro atoms. The highest BCUT2D eigenvalue weighted by atomic mass is 16.7. The minimum atomic E-state index is -1.25. The Morgan fingerprint density at radius 1 is 1.08 bits per heavy atom. The van der Waals surface area contributed by atoms with Crippen molar-refractivity contribution in [3.8, 4) is 0 Å². The van der Waals surface area contributed by atoms with Gasteiger partial charge in [-0.1, -0.05) is 25.5 Å². The molecular weight excluding hydrogens is 332 g/mol. The fourth-order valence-electron chi connectivity index (χ4n) is 5.63. The molecule has 0 amide bonds. The fraction of sp³-hybridized carbons (Fsp3) is 0.905. The van der Waals surface area contributed by atoms with Crippen LogP contribution in [0.5, 0.6) is 0 Å². The van der Waals surface area contributed by atoms with Gasteiger partial charge < -0.3 is 24.8 Å². The van der Waals surface area contributed by atoms with Crippen LogP contribution < -0.4 is 0 Å². The zero-order valence-electron chi connectivity index (χ0n) is 16.6. The van der Waals surface area contributed by atoms with E-state index in [9.17, 15) is 15.3 Å². The van der Waals surface area contributed by atoms with Gasteiger partial charge in [-0.15, -0.1) is 0 Å². The summed E-state index contributed by atoms with van der Waals surface area (Å²) < 4.78 is 12.1. The van der Waals surface area contributed by atoms with Crippen molar-refractivity contribution >= 4 is 0 Å². The second-order valence-corrected chi connectivity index (χ2v) is 9.49. The maximum atomic E-state index is 10.4. The number of aliphatic hydroxyl groups is 3. The molecule has 5 heteroatoms. The predicted octanol–water partition coefficient (Wildman–Crippen LogP) is 2.77. The highest BCUT2D eigenvalue weighted by Crippen LogP contribution is 2.57. The van der Waals surface area contributed by atoms with E-state index in [1.165, 1.54) is 24.8 Å². The molecule has 3 N–H and O–H groups in total. The first-order chi connectivity index (χ1) is 12.1. The molecule has 0 aromatic heterocycles. The third-order valence-corrected chi connectivity index (χ3v) is 7.47. The summed E-state index contributed by atoms with van der Waals surface area (Å²) in [4.78, 5) is 0. The lowest BCUT2D eigenvalue weighted by Gasteiger charge is -2.57. The second kappa shape index (κ2) is 7.17. The van der Waals surface area contributed by atoms with Crippen molar-refractivity contribution in [1.29, 1.82) is 0 Å². The Hall–Kier alpha value is -0.460. The lowest BCUT2D eigenvalue weighted by molar-refractivity contribution is -0.335. The minimum Gasteiger partial charge on any atom is -0.388 e. The summed E-state index contributed by atoms with van der Waals surface area (Å²) in [5, 5.41) is 30.5. The van der Waals surface area contributed by atoms with Crippen molar-refractivity contribution in [3.05, 3.63) is 12.2 Å². The van der Waals surface area contributed by atoms with Gasteiger partial charge >= 0.3 is 0 Å². The van der Waals surface area contributed by atoms with Crippen molar-refractivity contribution in [2.45, 2.75) is 103 Å². The molecule has 0 aromatic rings. The Kier molecular flexibility index (Phi) is 5.59. The van der Waals surface area contributed by atoms with Crippen LogP contribution in [0.25, 0.3) is 0 Å². The van der Waals surface area contributed by atoms with Gasteiger partial charge in [-0.25, -0.2) is 0 Å². The molecular formula is C21H36O5. The Balaban J connectivity index is 1.81. The monoisotopic (exact) mass is 368 g/mol. The van der Waals surface area contributed by atoms with E-state index in [4.69, 9.17) is 9.47 Å². The molecule has 2 saturated carbocycles. The first kappa shape index (κ1) is 20.3. The number of ether oxygens (including phenoxy) is 2. The second-order valence-electron chi connectivity index (χ2n) is 9.49. The molecule has 0 aromatic carbocycles. The van der Waals surface area contributed by atoms with Crippen LogP contribution in [0.4, 0.5) is 0 Å². The van der Waals surface area contributed by atoms with Crippen molar-refractivity contribution < 1.29 is 24.8 Å². The molecule has 2 aliphatic carbocycles. The van der Waals surface area contributed by atoms with E-state index in [1.54, 1.807) is 6.92 Å². The summed E-state index contributed by atoms with van der Waals surface area (Å²) in [5.41, 5.74) is 1.04. The van der Waals surface area contributed by atoms with Gasteiger partial charge in [0, 0.05) is 0 Å². The number of hydrogen-bond donors (Lipinski definition) is 3. The Labute approximate surface area is 157 Å². The lowest BCUT2D eigenvalue weighted by atomic mass is 9.53. The molecule has 0 radical (unpaired) electrons. The molecule has 26 heavy (non-hydrogen) atoms.